The summed E-state index contributed by atoms with van der Waals surface area (Å²) in [7, 11) is 3.33. The van der Waals surface area contributed by atoms with Gasteiger partial charge in [0.25, 0.3) is 5.91 Å². The van der Waals surface area contributed by atoms with Gasteiger partial charge >= 0.3 is 5.97 Å². The Balaban J connectivity index is 1.23. The van der Waals surface area contributed by atoms with Crippen molar-refractivity contribution in [2.24, 2.45) is 0 Å². The zero-order chi connectivity index (χ0) is 33.0. The molecule has 5 rings (SSSR count). The molecule has 0 spiro atoms. The van der Waals surface area contributed by atoms with Crippen LogP contribution in [0.1, 0.15) is 70.2 Å². The van der Waals surface area contributed by atoms with Crippen LogP contribution in [0.15, 0.2) is 24.4 Å². The van der Waals surface area contributed by atoms with Crippen LogP contribution >= 0.6 is 0 Å². The standard InChI is InChI=1S/C33H48N8O5/c1-7-25-30(43)39(5)26-19-36-32(38-28(26)41(25)22-10-8-9-11-22)37-23-13-12-21(18-27(23)45-6)29(42)35-15-17-40-16-14-34-24(20-40)31(44)46-33(2,3)4/h12-13,18-19,22,24-25,34H,7-11,14-17,20H2,1-6H3,(H,35,42)(H,36,37,38)/t24?,25-/m1/s1. The fourth-order valence-corrected chi connectivity index (χ4v) is 6.47. The summed E-state index contributed by atoms with van der Waals surface area (Å²) in [4.78, 5) is 54.2. The molecule has 2 aromatic rings. The van der Waals surface area contributed by atoms with Gasteiger partial charge in [0.2, 0.25) is 11.9 Å². The third kappa shape index (κ3) is 7.52. The third-order valence-corrected chi connectivity index (χ3v) is 8.79. The van der Waals surface area contributed by atoms with Crippen molar-refractivity contribution in [2.75, 3.05) is 62.0 Å². The molecule has 13 nitrogen and oxygen atoms in total. The number of benzene rings is 1. The number of carbonyl (C=O) groups is 3. The van der Waals surface area contributed by atoms with E-state index in [2.05, 4.69) is 30.7 Å². The van der Waals surface area contributed by atoms with E-state index in [0.29, 0.717) is 61.2 Å². The molecule has 1 aromatic carbocycles. The molecule has 3 N–H and O–H groups in total. The highest BCUT2D eigenvalue weighted by Crippen LogP contribution is 2.40. The molecule has 2 aliphatic heterocycles. The van der Waals surface area contributed by atoms with Gasteiger partial charge in [0, 0.05) is 51.4 Å². The number of fused-ring (bicyclic) bond motifs is 1. The van der Waals surface area contributed by atoms with Crippen molar-refractivity contribution >= 4 is 40.9 Å². The summed E-state index contributed by atoms with van der Waals surface area (Å²) >= 11 is 0. The number of methoxy groups -OCH3 is 1. The number of piperazine rings is 1. The SMILES string of the molecule is CC[C@@H]1C(=O)N(C)c2cnc(Nc3ccc(C(=O)NCCN4CCNC(C(=O)OC(C)(C)C)C4)cc3OC)nc2N1C1CCCC1. The molecule has 46 heavy (non-hydrogen) atoms. The highest BCUT2D eigenvalue weighted by atomic mass is 16.6. The van der Waals surface area contributed by atoms with Crippen LogP contribution in [-0.4, -0.2) is 103 Å². The molecule has 1 aromatic heterocycles. The lowest BCUT2D eigenvalue weighted by Crippen LogP contribution is -2.56. The minimum absolute atomic E-state index is 0.0691. The molecule has 1 unspecified atom stereocenters. The van der Waals surface area contributed by atoms with E-state index in [-0.39, 0.29) is 29.9 Å². The molecule has 0 radical (unpaired) electrons. The zero-order valence-corrected chi connectivity index (χ0v) is 27.9. The molecular weight excluding hydrogens is 588 g/mol. The van der Waals surface area contributed by atoms with E-state index >= 15 is 0 Å². The topological polar surface area (TPSA) is 141 Å². The number of amides is 2. The average molecular weight is 637 g/mol. The summed E-state index contributed by atoms with van der Waals surface area (Å²) < 4.78 is 11.2. The fourth-order valence-electron chi connectivity index (χ4n) is 6.47. The Morgan fingerprint density at radius 2 is 1.93 bits per heavy atom. The third-order valence-electron chi connectivity index (χ3n) is 8.79. The predicted octanol–water partition coefficient (Wildman–Crippen LogP) is 3.08. The van der Waals surface area contributed by atoms with Crippen LogP contribution in [-0.2, 0) is 14.3 Å². The van der Waals surface area contributed by atoms with E-state index in [0.717, 1.165) is 38.0 Å². The van der Waals surface area contributed by atoms with Crippen molar-refractivity contribution < 1.29 is 23.9 Å². The monoisotopic (exact) mass is 636 g/mol. The maximum atomic E-state index is 13.2. The second-order valence-corrected chi connectivity index (χ2v) is 13.2. The van der Waals surface area contributed by atoms with E-state index in [1.54, 1.807) is 43.5 Å². The minimum atomic E-state index is -0.540. The quantitative estimate of drug-likeness (QED) is 0.332. The lowest BCUT2D eigenvalue weighted by molar-refractivity contribution is -0.158. The van der Waals surface area contributed by atoms with Crippen LogP contribution in [0.4, 0.5) is 23.1 Å². The number of nitrogens with one attached hydrogen (secondary N) is 3. The van der Waals surface area contributed by atoms with E-state index in [9.17, 15) is 14.4 Å². The summed E-state index contributed by atoms with van der Waals surface area (Å²) in [5.74, 6) is 1.20. The number of hydrogen-bond acceptors (Lipinski definition) is 11. The Kier molecular flexibility index (Phi) is 10.3. The highest BCUT2D eigenvalue weighted by molar-refractivity contribution is 6.04. The van der Waals surface area contributed by atoms with Crippen LogP contribution in [0.5, 0.6) is 5.75 Å². The van der Waals surface area contributed by atoms with E-state index in [1.807, 2.05) is 27.7 Å². The molecule has 3 aliphatic rings. The van der Waals surface area contributed by atoms with Gasteiger partial charge in [0.1, 0.15) is 29.1 Å². The molecule has 1 saturated carbocycles. The average Bonchev–Trinajstić information content (AvgIpc) is 3.56. The second kappa shape index (κ2) is 14.2. The van der Waals surface area contributed by atoms with Crippen LogP contribution in [0.25, 0.3) is 0 Å². The normalized spacial score (nSPS) is 20.8. The van der Waals surface area contributed by atoms with Gasteiger partial charge in [-0.3, -0.25) is 19.3 Å². The van der Waals surface area contributed by atoms with Gasteiger partial charge in [0.05, 0.1) is 19.0 Å². The first-order valence-electron chi connectivity index (χ1n) is 16.3. The molecule has 1 aliphatic carbocycles. The number of rotatable bonds is 10. The van der Waals surface area contributed by atoms with Crippen molar-refractivity contribution in [2.45, 2.75) is 83.5 Å². The Bertz CT molecular complexity index is 1420. The van der Waals surface area contributed by atoms with E-state index in [4.69, 9.17) is 14.5 Å². The largest absolute Gasteiger partial charge is 0.495 e. The van der Waals surface area contributed by atoms with Gasteiger partial charge in [-0.1, -0.05) is 19.8 Å². The van der Waals surface area contributed by atoms with Crippen LogP contribution in [0, 0.1) is 0 Å². The molecule has 1 saturated heterocycles. The van der Waals surface area contributed by atoms with Gasteiger partial charge in [-0.05, 0) is 58.2 Å². The number of carbonyl (C=O) groups excluding carboxylic acids is 3. The molecule has 0 bridgehead atoms. The zero-order valence-electron chi connectivity index (χ0n) is 27.9. The fraction of sp³-hybridized carbons (Fsp3) is 0.606. The van der Waals surface area contributed by atoms with Gasteiger partial charge in [-0.2, -0.15) is 4.98 Å². The lowest BCUT2D eigenvalue weighted by atomic mass is 10.0. The minimum Gasteiger partial charge on any atom is -0.495 e. The Morgan fingerprint density at radius 1 is 1.17 bits per heavy atom. The first kappa shape index (κ1) is 33.4. The Hall–Kier alpha value is -3.97. The van der Waals surface area contributed by atoms with Gasteiger partial charge in [0.15, 0.2) is 5.82 Å². The summed E-state index contributed by atoms with van der Waals surface area (Å²) in [6, 6.07) is 4.81. The van der Waals surface area contributed by atoms with Crippen molar-refractivity contribution in [3.05, 3.63) is 30.0 Å². The van der Waals surface area contributed by atoms with Crippen molar-refractivity contribution in [3.8, 4) is 5.75 Å². The van der Waals surface area contributed by atoms with Crippen LogP contribution in [0.3, 0.4) is 0 Å². The predicted molar refractivity (Wildman–Crippen MR) is 177 cm³/mol. The number of anilines is 4. The smallest absolute Gasteiger partial charge is 0.324 e. The molecule has 2 atom stereocenters. The molecule has 2 fully saturated rings. The van der Waals surface area contributed by atoms with Crippen molar-refractivity contribution in [3.63, 3.8) is 0 Å². The number of hydrogen-bond donors (Lipinski definition) is 3. The van der Waals surface area contributed by atoms with Gasteiger partial charge in [-0.25, -0.2) is 4.98 Å². The molecule has 13 heteroatoms. The number of aromatic nitrogens is 2. The van der Waals surface area contributed by atoms with Gasteiger partial charge < -0.3 is 35.2 Å². The Morgan fingerprint density at radius 3 is 2.63 bits per heavy atom. The summed E-state index contributed by atoms with van der Waals surface area (Å²) in [6.07, 6.45) is 6.77. The first-order valence-corrected chi connectivity index (χ1v) is 16.3. The highest BCUT2D eigenvalue weighted by Gasteiger charge is 2.41. The molecule has 2 amide bonds. The number of nitrogens with zero attached hydrogens (tertiary/aromatic N) is 5. The lowest BCUT2D eigenvalue weighted by Gasteiger charge is -2.43. The summed E-state index contributed by atoms with van der Waals surface area (Å²) in [6.45, 7) is 10.6. The molecule has 3 heterocycles. The maximum Gasteiger partial charge on any atom is 0.324 e. The van der Waals surface area contributed by atoms with Gasteiger partial charge in [-0.15, -0.1) is 0 Å². The maximum absolute atomic E-state index is 13.2. The summed E-state index contributed by atoms with van der Waals surface area (Å²) in [5.41, 5.74) is 1.24. The van der Waals surface area contributed by atoms with Crippen molar-refractivity contribution in [1.82, 2.24) is 25.5 Å². The second-order valence-electron chi connectivity index (χ2n) is 13.2. The number of esters is 1. The first-order chi connectivity index (χ1) is 22.0. The van der Waals surface area contributed by atoms with Crippen LogP contribution in [0.2, 0.25) is 0 Å². The molecular formula is C33H48N8O5. The number of ether oxygens (including phenoxy) is 2. The van der Waals surface area contributed by atoms with Crippen LogP contribution < -0.4 is 30.5 Å². The van der Waals surface area contributed by atoms with E-state index < -0.39 is 11.6 Å². The number of likely N-dealkylation sites (N-methyl/N-ethyl adjacent to an activating group) is 1. The van der Waals surface area contributed by atoms with Crippen molar-refractivity contribution in [1.29, 1.82) is 0 Å². The molecule has 250 valence electrons. The van der Waals surface area contributed by atoms with E-state index in [1.165, 1.54) is 0 Å². The Labute approximate surface area is 271 Å². The summed E-state index contributed by atoms with van der Waals surface area (Å²) in [5, 5.41) is 9.46.